The summed E-state index contributed by atoms with van der Waals surface area (Å²) in [7, 11) is 0. The van der Waals surface area contributed by atoms with Crippen LogP contribution in [0.3, 0.4) is 0 Å². The van der Waals surface area contributed by atoms with Crippen molar-refractivity contribution < 1.29 is 23.5 Å². The van der Waals surface area contributed by atoms with Crippen LogP contribution in [0.4, 0.5) is 8.78 Å². The van der Waals surface area contributed by atoms with E-state index in [2.05, 4.69) is 11.6 Å². The molecule has 0 saturated carbocycles. The van der Waals surface area contributed by atoms with Crippen LogP contribution in [0.2, 0.25) is 10.3 Å². The average molecular weight is 372 g/mol. The number of hydrogen-bond acceptors (Lipinski definition) is 3. The summed E-state index contributed by atoms with van der Waals surface area (Å²) in [5.74, 6) is -4.52. The van der Waals surface area contributed by atoms with E-state index < -0.39 is 23.4 Å². The third-order valence-corrected chi connectivity index (χ3v) is 3.68. The highest BCUT2D eigenvalue weighted by Gasteiger charge is 2.21. The number of aliphatic carboxylic acids is 1. The van der Waals surface area contributed by atoms with Crippen molar-refractivity contribution in [2.75, 3.05) is 0 Å². The van der Waals surface area contributed by atoms with Gasteiger partial charge >= 0.3 is 5.97 Å². The molecule has 8 heteroatoms. The Hall–Kier alpha value is -2.31. The molecular formula is C16H9Cl2F2NO3. The Morgan fingerprint density at radius 2 is 1.83 bits per heavy atom. The van der Waals surface area contributed by atoms with Crippen LogP contribution in [-0.4, -0.2) is 21.8 Å². The maximum Gasteiger partial charge on any atom is 0.376 e. The molecule has 0 atom stereocenters. The van der Waals surface area contributed by atoms with Gasteiger partial charge in [0.25, 0.3) is 5.78 Å². The van der Waals surface area contributed by atoms with Crippen molar-refractivity contribution in [1.29, 1.82) is 0 Å². The summed E-state index contributed by atoms with van der Waals surface area (Å²) in [6, 6.07) is 4.19. The number of carbonyl (C=O) groups is 2. The number of nitrogens with zero attached hydrogens (tertiary/aromatic N) is 1. The average Bonchev–Trinajstić information content (AvgIpc) is 2.48. The van der Waals surface area contributed by atoms with Crippen LogP contribution in [0.5, 0.6) is 0 Å². The van der Waals surface area contributed by atoms with Gasteiger partial charge in [0.15, 0.2) is 0 Å². The molecule has 124 valence electrons. The van der Waals surface area contributed by atoms with Crippen molar-refractivity contribution in [3.8, 4) is 11.1 Å². The molecule has 1 aromatic heterocycles. The number of rotatable bonds is 5. The minimum Gasteiger partial charge on any atom is -0.475 e. The summed E-state index contributed by atoms with van der Waals surface area (Å²) in [5, 5.41) is 8.54. The Balaban J connectivity index is 2.58. The number of Topliss-reactive ketones (excluding diaryl/α,β-unsaturated/α-hetero) is 1. The van der Waals surface area contributed by atoms with Crippen LogP contribution in [0, 0.1) is 11.6 Å². The maximum absolute atomic E-state index is 14.1. The zero-order chi connectivity index (χ0) is 18.0. The highest BCUT2D eigenvalue weighted by molar-refractivity contribution is 6.39. The second-order valence-corrected chi connectivity index (χ2v) is 5.55. The molecule has 0 aliphatic rings. The third-order valence-electron chi connectivity index (χ3n) is 3.17. The summed E-state index contributed by atoms with van der Waals surface area (Å²) in [6.45, 7) is 3.40. The van der Waals surface area contributed by atoms with E-state index in [1.165, 1.54) is 12.1 Å². The van der Waals surface area contributed by atoms with Gasteiger partial charge in [0.2, 0.25) is 0 Å². The fraction of sp³-hybridized carbons (Fsp3) is 0.0625. The fourth-order valence-electron chi connectivity index (χ4n) is 2.07. The molecule has 0 aliphatic carbocycles. The van der Waals surface area contributed by atoms with E-state index in [1.807, 2.05) is 0 Å². The summed E-state index contributed by atoms with van der Waals surface area (Å²) in [6.07, 6.45) is -0.277. The molecule has 0 saturated heterocycles. The predicted molar refractivity (Wildman–Crippen MR) is 85.1 cm³/mol. The smallest absolute Gasteiger partial charge is 0.376 e. The highest BCUT2D eigenvalue weighted by atomic mass is 35.5. The molecule has 2 rings (SSSR count). The first-order chi connectivity index (χ1) is 11.2. The first-order valence-electron chi connectivity index (χ1n) is 6.46. The van der Waals surface area contributed by atoms with Gasteiger partial charge < -0.3 is 5.11 Å². The molecule has 1 heterocycles. The molecule has 1 aromatic carbocycles. The lowest BCUT2D eigenvalue weighted by Crippen LogP contribution is -2.16. The van der Waals surface area contributed by atoms with Crippen LogP contribution in [0.15, 0.2) is 36.4 Å². The molecule has 0 fully saturated rings. The van der Waals surface area contributed by atoms with Gasteiger partial charge in [-0.15, -0.1) is 0 Å². The van der Waals surface area contributed by atoms with E-state index in [0.717, 1.165) is 6.07 Å². The molecule has 1 N–H and O–H groups in total. The number of carbonyl (C=O) groups excluding carboxylic acids is 1. The van der Waals surface area contributed by atoms with Crippen molar-refractivity contribution in [1.82, 2.24) is 4.98 Å². The second-order valence-electron chi connectivity index (χ2n) is 4.80. The van der Waals surface area contributed by atoms with E-state index in [0.29, 0.717) is 6.07 Å². The van der Waals surface area contributed by atoms with E-state index in [9.17, 15) is 18.4 Å². The monoisotopic (exact) mass is 371 g/mol. The lowest BCUT2D eigenvalue weighted by atomic mass is 9.95. The van der Waals surface area contributed by atoms with Crippen molar-refractivity contribution >= 4 is 35.0 Å². The van der Waals surface area contributed by atoms with Gasteiger partial charge in [0, 0.05) is 29.2 Å². The van der Waals surface area contributed by atoms with Crippen molar-refractivity contribution in [3.05, 3.63) is 63.9 Å². The van der Waals surface area contributed by atoms with E-state index >= 15 is 0 Å². The first kappa shape index (κ1) is 18.0. The van der Waals surface area contributed by atoms with E-state index in [-0.39, 0.29) is 39.0 Å². The summed E-state index contributed by atoms with van der Waals surface area (Å²) in [4.78, 5) is 26.0. The number of carboxylic acids is 1. The lowest BCUT2D eigenvalue weighted by Gasteiger charge is -2.13. The molecule has 0 unspecified atom stereocenters. The topological polar surface area (TPSA) is 67.3 Å². The Morgan fingerprint density at radius 1 is 1.17 bits per heavy atom. The minimum atomic E-state index is -1.67. The van der Waals surface area contributed by atoms with E-state index in [1.54, 1.807) is 0 Å². The summed E-state index contributed by atoms with van der Waals surface area (Å²) in [5.41, 5.74) is 0.0356. The van der Waals surface area contributed by atoms with Crippen LogP contribution in [0.1, 0.15) is 5.56 Å². The van der Waals surface area contributed by atoms with Gasteiger partial charge in [0.1, 0.15) is 21.9 Å². The van der Waals surface area contributed by atoms with Crippen LogP contribution in [-0.2, 0) is 16.0 Å². The first-order valence-corrected chi connectivity index (χ1v) is 7.22. The number of halogens is 4. The quantitative estimate of drug-likeness (QED) is 0.488. The van der Waals surface area contributed by atoms with Gasteiger partial charge in [-0.25, -0.2) is 18.6 Å². The zero-order valence-electron chi connectivity index (χ0n) is 11.9. The van der Waals surface area contributed by atoms with Gasteiger partial charge in [0.05, 0.1) is 0 Å². The largest absolute Gasteiger partial charge is 0.475 e. The third kappa shape index (κ3) is 3.77. The Kier molecular flexibility index (Phi) is 5.31. The number of pyridine rings is 1. The maximum atomic E-state index is 14.1. The molecule has 0 spiro atoms. The molecule has 0 amide bonds. The van der Waals surface area contributed by atoms with Gasteiger partial charge in [-0.1, -0.05) is 29.8 Å². The van der Waals surface area contributed by atoms with Crippen molar-refractivity contribution in [2.45, 2.75) is 6.42 Å². The Labute approximate surface area is 145 Å². The van der Waals surface area contributed by atoms with E-state index in [4.69, 9.17) is 28.3 Å². The second kappa shape index (κ2) is 7.07. The number of benzene rings is 1. The van der Waals surface area contributed by atoms with Crippen molar-refractivity contribution in [2.24, 2.45) is 0 Å². The zero-order valence-corrected chi connectivity index (χ0v) is 13.5. The molecule has 24 heavy (non-hydrogen) atoms. The predicted octanol–water partition coefficient (Wildman–Crippen LogP) is 4.09. The standard InChI is InChI=1S/C16H9Cl2F2NO3/c1-7(14(22)16(23)24)4-11-10(6-13(17)21-15(11)18)9-3-2-8(19)5-12(9)20/h2-3,5-6H,1,4H2,(H,23,24). The number of aromatic nitrogens is 1. The highest BCUT2D eigenvalue weighted by Crippen LogP contribution is 2.34. The Bertz CT molecular complexity index is 869. The van der Waals surface area contributed by atoms with Crippen molar-refractivity contribution in [3.63, 3.8) is 0 Å². The number of carboxylic acid groups (broad SMARTS) is 1. The normalized spacial score (nSPS) is 10.5. The van der Waals surface area contributed by atoms with Crippen LogP contribution >= 0.6 is 23.2 Å². The SMILES string of the molecule is C=C(Cc1c(-c2ccc(F)cc2F)cc(Cl)nc1Cl)C(=O)C(=O)O. The Morgan fingerprint density at radius 3 is 2.42 bits per heavy atom. The minimum absolute atomic E-state index is 0.0202. The molecular weight excluding hydrogens is 363 g/mol. The van der Waals surface area contributed by atoms with Crippen LogP contribution < -0.4 is 0 Å². The molecule has 2 aromatic rings. The molecule has 0 bridgehead atoms. The lowest BCUT2D eigenvalue weighted by molar-refractivity contribution is -0.147. The number of hydrogen-bond donors (Lipinski definition) is 1. The fourth-order valence-corrected chi connectivity index (χ4v) is 2.57. The molecule has 4 nitrogen and oxygen atoms in total. The molecule has 0 aliphatic heterocycles. The van der Waals surface area contributed by atoms with Gasteiger partial charge in [-0.2, -0.15) is 0 Å². The van der Waals surface area contributed by atoms with Crippen LogP contribution in [0.25, 0.3) is 11.1 Å². The summed E-state index contributed by atoms with van der Waals surface area (Å²) < 4.78 is 27.2. The van der Waals surface area contributed by atoms with Gasteiger partial charge in [-0.3, -0.25) is 4.79 Å². The number of ketones is 1. The van der Waals surface area contributed by atoms with Gasteiger partial charge in [-0.05, 0) is 23.8 Å². The summed E-state index contributed by atoms with van der Waals surface area (Å²) >= 11 is 11.8. The molecule has 0 radical (unpaired) electrons.